The number of hydrogen-bond donors (Lipinski definition) is 0. The predicted molar refractivity (Wildman–Crippen MR) is 44.1 cm³/mol. The summed E-state index contributed by atoms with van der Waals surface area (Å²) >= 11 is 0. The molecule has 2 nitrogen and oxygen atoms in total. The Balaban J connectivity index is 2.22. The van der Waals surface area contributed by atoms with Gasteiger partial charge in [-0.3, -0.25) is 4.99 Å². The van der Waals surface area contributed by atoms with Crippen LogP contribution in [-0.4, -0.2) is 24.2 Å². The average molecular weight is 138 g/mol. The molecule has 56 valence electrons. The molecule has 0 amide bonds. The van der Waals surface area contributed by atoms with Gasteiger partial charge < -0.3 is 4.90 Å². The van der Waals surface area contributed by atoms with Gasteiger partial charge in [0.05, 0.1) is 0 Å². The van der Waals surface area contributed by atoms with Gasteiger partial charge in [-0.05, 0) is 19.8 Å². The van der Waals surface area contributed by atoms with Gasteiger partial charge in [0.1, 0.15) is 0 Å². The number of aliphatic imine (C=N–C) groups is 1. The highest BCUT2D eigenvalue weighted by Gasteiger charge is 2.05. The highest BCUT2D eigenvalue weighted by atomic mass is 15.1. The minimum Gasteiger partial charge on any atom is -0.376 e. The van der Waals surface area contributed by atoms with Gasteiger partial charge in [-0.25, -0.2) is 0 Å². The lowest BCUT2D eigenvalue weighted by atomic mass is 10.4. The van der Waals surface area contributed by atoms with Crippen molar-refractivity contribution < 1.29 is 0 Å². The summed E-state index contributed by atoms with van der Waals surface area (Å²) in [4.78, 5) is 6.29. The molecule has 0 aromatic carbocycles. The second-order valence-electron chi connectivity index (χ2n) is 2.45. The highest BCUT2D eigenvalue weighted by molar-refractivity contribution is 5.54. The molecular weight excluding hydrogens is 124 g/mol. The van der Waals surface area contributed by atoms with E-state index in [1.807, 2.05) is 13.1 Å². The zero-order chi connectivity index (χ0) is 7.23. The maximum Gasteiger partial charge on any atom is 0.0422 e. The van der Waals surface area contributed by atoms with Crippen molar-refractivity contribution in [3.05, 3.63) is 12.4 Å². The van der Waals surface area contributed by atoms with Crippen molar-refractivity contribution in [2.45, 2.75) is 19.8 Å². The molecule has 1 aliphatic rings. The van der Waals surface area contributed by atoms with Gasteiger partial charge in [0.15, 0.2) is 0 Å². The van der Waals surface area contributed by atoms with Gasteiger partial charge in [0.2, 0.25) is 0 Å². The summed E-state index contributed by atoms with van der Waals surface area (Å²) in [5.74, 6) is 0. The lowest BCUT2D eigenvalue weighted by Crippen LogP contribution is -2.09. The molecule has 10 heavy (non-hydrogen) atoms. The maximum atomic E-state index is 3.99. The van der Waals surface area contributed by atoms with Crippen molar-refractivity contribution in [3.63, 3.8) is 0 Å². The van der Waals surface area contributed by atoms with Gasteiger partial charge in [-0.15, -0.1) is 0 Å². The smallest absolute Gasteiger partial charge is 0.0422 e. The van der Waals surface area contributed by atoms with Gasteiger partial charge in [0, 0.05) is 31.7 Å². The summed E-state index contributed by atoms with van der Waals surface area (Å²) in [6.45, 7) is 4.33. The first-order valence-corrected chi connectivity index (χ1v) is 3.82. The first-order valence-electron chi connectivity index (χ1n) is 3.82. The first-order chi connectivity index (χ1) is 4.93. The lowest BCUT2D eigenvalue weighted by molar-refractivity contribution is 0.467. The van der Waals surface area contributed by atoms with Crippen molar-refractivity contribution in [2.24, 2.45) is 4.99 Å². The Labute approximate surface area is 62.3 Å². The molecule has 0 spiro atoms. The number of likely N-dealkylation sites (tertiary alicyclic amines) is 1. The molecule has 1 heterocycles. The van der Waals surface area contributed by atoms with E-state index in [0.29, 0.717) is 0 Å². The molecular formula is C8H14N2. The normalized spacial score (nSPS) is 19.9. The summed E-state index contributed by atoms with van der Waals surface area (Å²) in [6, 6.07) is 0. The quantitative estimate of drug-likeness (QED) is 0.530. The van der Waals surface area contributed by atoms with Crippen LogP contribution in [-0.2, 0) is 0 Å². The Hall–Kier alpha value is -0.790. The molecule has 0 unspecified atom stereocenters. The largest absolute Gasteiger partial charge is 0.376 e. The van der Waals surface area contributed by atoms with Crippen molar-refractivity contribution in [1.82, 2.24) is 4.90 Å². The minimum absolute atomic E-state index is 1.20. The fourth-order valence-electron chi connectivity index (χ4n) is 1.11. The SMILES string of the molecule is C/C=N\C=C/N1CCCC1. The van der Waals surface area contributed by atoms with Crippen LogP contribution in [0.25, 0.3) is 0 Å². The molecule has 0 atom stereocenters. The molecule has 0 aliphatic carbocycles. The summed E-state index contributed by atoms with van der Waals surface area (Å²) in [5, 5.41) is 0. The van der Waals surface area contributed by atoms with Crippen LogP contribution in [0.5, 0.6) is 0 Å². The van der Waals surface area contributed by atoms with Crippen LogP contribution in [0.4, 0.5) is 0 Å². The van der Waals surface area contributed by atoms with Crippen LogP contribution in [0.1, 0.15) is 19.8 Å². The van der Waals surface area contributed by atoms with E-state index in [1.54, 1.807) is 6.21 Å². The van der Waals surface area contributed by atoms with Gasteiger partial charge >= 0.3 is 0 Å². The van der Waals surface area contributed by atoms with E-state index >= 15 is 0 Å². The fourth-order valence-corrected chi connectivity index (χ4v) is 1.11. The molecule has 0 N–H and O–H groups in total. The third-order valence-electron chi connectivity index (χ3n) is 1.65. The summed E-state index contributed by atoms with van der Waals surface area (Å²) < 4.78 is 0. The van der Waals surface area contributed by atoms with Crippen LogP contribution in [0.3, 0.4) is 0 Å². The zero-order valence-electron chi connectivity index (χ0n) is 6.45. The van der Waals surface area contributed by atoms with Crippen LogP contribution in [0.15, 0.2) is 17.4 Å². The topological polar surface area (TPSA) is 15.6 Å². The van der Waals surface area contributed by atoms with E-state index in [9.17, 15) is 0 Å². The minimum atomic E-state index is 1.20. The first kappa shape index (κ1) is 7.32. The molecule has 0 aromatic heterocycles. The third-order valence-corrected chi connectivity index (χ3v) is 1.65. The van der Waals surface area contributed by atoms with E-state index in [0.717, 1.165) is 0 Å². The Bertz CT molecular complexity index is 132. The van der Waals surface area contributed by atoms with Gasteiger partial charge in [-0.2, -0.15) is 0 Å². The van der Waals surface area contributed by atoms with E-state index < -0.39 is 0 Å². The standard InChI is InChI=1S/C8H14N2/c1-2-9-5-8-10-6-3-4-7-10/h2,5,8H,3-4,6-7H2,1H3/b8-5-,9-2-. The van der Waals surface area contributed by atoms with E-state index in [-0.39, 0.29) is 0 Å². The average Bonchev–Trinajstić information content (AvgIpc) is 2.41. The molecule has 0 bridgehead atoms. The molecule has 0 radical (unpaired) electrons. The molecule has 0 saturated carbocycles. The van der Waals surface area contributed by atoms with E-state index in [4.69, 9.17) is 0 Å². The van der Waals surface area contributed by atoms with Crippen LogP contribution >= 0.6 is 0 Å². The Kier molecular flexibility index (Phi) is 3.00. The van der Waals surface area contributed by atoms with Crippen molar-refractivity contribution >= 4 is 6.21 Å². The fraction of sp³-hybridized carbons (Fsp3) is 0.625. The predicted octanol–water partition coefficient (Wildman–Crippen LogP) is 1.64. The second kappa shape index (κ2) is 4.09. The molecule has 1 saturated heterocycles. The molecule has 1 fully saturated rings. The molecule has 1 rings (SSSR count). The zero-order valence-corrected chi connectivity index (χ0v) is 6.45. The van der Waals surface area contributed by atoms with Gasteiger partial charge in [-0.1, -0.05) is 0 Å². The third kappa shape index (κ3) is 2.21. The van der Waals surface area contributed by atoms with E-state index in [2.05, 4.69) is 16.1 Å². The van der Waals surface area contributed by atoms with Gasteiger partial charge in [0.25, 0.3) is 0 Å². The van der Waals surface area contributed by atoms with Crippen LogP contribution in [0.2, 0.25) is 0 Å². The van der Waals surface area contributed by atoms with E-state index in [1.165, 1.54) is 25.9 Å². The maximum absolute atomic E-state index is 3.99. The summed E-state index contributed by atoms with van der Waals surface area (Å²) in [7, 11) is 0. The summed E-state index contributed by atoms with van der Waals surface area (Å²) in [5.41, 5.74) is 0. The van der Waals surface area contributed by atoms with Crippen molar-refractivity contribution in [3.8, 4) is 0 Å². The Morgan fingerprint density at radius 2 is 2.00 bits per heavy atom. The second-order valence-corrected chi connectivity index (χ2v) is 2.45. The molecule has 2 heteroatoms. The summed E-state index contributed by atoms with van der Waals surface area (Å²) in [6.07, 6.45) is 8.38. The monoisotopic (exact) mass is 138 g/mol. The Morgan fingerprint density at radius 1 is 1.30 bits per heavy atom. The number of rotatable bonds is 2. The lowest BCUT2D eigenvalue weighted by Gasteiger charge is -2.08. The van der Waals surface area contributed by atoms with Crippen molar-refractivity contribution in [1.29, 1.82) is 0 Å². The molecule has 0 aromatic rings. The van der Waals surface area contributed by atoms with Crippen LogP contribution < -0.4 is 0 Å². The number of hydrogen-bond acceptors (Lipinski definition) is 2. The van der Waals surface area contributed by atoms with Crippen molar-refractivity contribution in [2.75, 3.05) is 13.1 Å². The number of nitrogens with zero attached hydrogens (tertiary/aromatic N) is 2. The van der Waals surface area contributed by atoms with Crippen LogP contribution in [0, 0.1) is 0 Å². The Morgan fingerprint density at radius 3 is 2.60 bits per heavy atom. The highest BCUT2D eigenvalue weighted by Crippen LogP contribution is 2.06. The molecule has 1 aliphatic heterocycles.